The number of aliphatic hydroxyl groups excluding tert-OH is 1. The van der Waals surface area contributed by atoms with Gasteiger partial charge in [0.25, 0.3) is 5.91 Å². The van der Waals surface area contributed by atoms with Crippen molar-refractivity contribution in [3.8, 4) is 11.8 Å². The van der Waals surface area contributed by atoms with Gasteiger partial charge in [-0.05, 0) is 18.2 Å². The molecular weight excluding hydrogens is 289 g/mol. The van der Waals surface area contributed by atoms with Crippen LogP contribution in [0.5, 0.6) is 0 Å². The van der Waals surface area contributed by atoms with Crippen LogP contribution >= 0.6 is 11.8 Å². The first-order chi connectivity index (χ1) is 10.1. The van der Waals surface area contributed by atoms with Gasteiger partial charge in [-0.3, -0.25) is 4.79 Å². The monoisotopic (exact) mass is 307 g/mol. The maximum Gasteiger partial charge on any atom is 0.255 e. The highest BCUT2D eigenvalue weighted by Crippen LogP contribution is 2.21. The normalized spacial score (nSPS) is 18.0. The van der Waals surface area contributed by atoms with E-state index < -0.39 is 5.82 Å². The molecule has 5 heteroatoms. The second-order valence-electron chi connectivity index (χ2n) is 4.90. The summed E-state index contributed by atoms with van der Waals surface area (Å²) in [6.45, 7) is 3.45. The first-order valence-electron chi connectivity index (χ1n) is 6.92. The number of carbonyl (C=O) groups excluding carboxylic acids is 1. The smallest absolute Gasteiger partial charge is 0.255 e. The molecule has 1 aromatic carbocycles. The molecule has 0 aliphatic carbocycles. The lowest BCUT2D eigenvalue weighted by Crippen LogP contribution is -2.41. The summed E-state index contributed by atoms with van der Waals surface area (Å²) in [4.78, 5) is 14.4. The Hall–Kier alpha value is -1.51. The van der Waals surface area contributed by atoms with Crippen molar-refractivity contribution in [1.29, 1.82) is 0 Å². The van der Waals surface area contributed by atoms with Crippen molar-refractivity contribution in [3.05, 3.63) is 35.1 Å². The molecule has 2 rings (SSSR count). The number of hydrogen-bond acceptors (Lipinski definition) is 3. The van der Waals surface area contributed by atoms with E-state index in [9.17, 15) is 9.18 Å². The largest absolute Gasteiger partial charge is 0.395 e. The summed E-state index contributed by atoms with van der Waals surface area (Å²) < 4.78 is 13.4. The summed E-state index contributed by atoms with van der Waals surface area (Å²) in [6.07, 6.45) is 0.307. The SMILES string of the molecule is CC1CN(C(=O)c2ccc(F)cc2C#CCCO)CCS1. The fourth-order valence-electron chi connectivity index (χ4n) is 2.19. The third-order valence-corrected chi connectivity index (χ3v) is 4.34. The zero-order valence-electron chi connectivity index (χ0n) is 11.9. The summed E-state index contributed by atoms with van der Waals surface area (Å²) >= 11 is 1.85. The molecule has 21 heavy (non-hydrogen) atoms. The molecule has 1 aliphatic rings. The van der Waals surface area contributed by atoms with Gasteiger partial charge >= 0.3 is 0 Å². The van der Waals surface area contributed by atoms with E-state index in [0.717, 1.165) is 5.75 Å². The molecule has 1 amide bonds. The van der Waals surface area contributed by atoms with E-state index in [2.05, 4.69) is 18.8 Å². The van der Waals surface area contributed by atoms with Gasteiger partial charge in [-0.25, -0.2) is 4.39 Å². The molecule has 0 aromatic heterocycles. The van der Waals surface area contributed by atoms with E-state index in [1.807, 2.05) is 11.8 Å². The number of carbonyl (C=O) groups is 1. The molecule has 1 N–H and O–H groups in total. The van der Waals surface area contributed by atoms with Crippen LogP contribution in [0.4, 0.5) is 4.39 Å². The first kappa shape index (κ1) is 15.9. The number of benzene rings is 1. The Morgan fingerprint density at radius 1 is 1.57 bits per heavy atom. The van der Waals surface area contributed by atoms with Gasteiger partial charge in [-0.2, -0.15) is 11.8 Å². The molecule has 1 aliphatic heterocycles. The predicted molar refractivity (Wildman–Crippen MR) is 82.8 cm³/mol. The molecule has 3 nitrogen and oxygen atoms in total. The molecule has 1 unspecified atom stereocenters. The maximum absolute atomic E-state index is 13.4. The van der Waals surface area contributed by atoms with Crippen LogP contribution in [-0.4, -0.2) is 46.6 Å². The van der Waals surface area contributed by atoms with Crippen LogP contribution in [0.15, 0.2) is 18.2 Å². The lowest BCUT2D eigenvalue weighted by molar-refractivity contribution is 0.0763. The lowest BCUT2D eigenvalue weighted by atomic mass is 10.1. The van der Waals surface area contributed by atoms with Gasteiger partial charge in [0.2, 0.25) is 0 Å². The third-order valence-electron chi connectivity index (χ3n) is 3.20. The summed E-state index contributed by atoms with van der Waals surface area (Å²) in [5.74, 6) is 5.93. The highest BCUT2D eigenvalue weighted by molar-refractivity contribution is 7.99. The van der Waals surface area contributed by atoms with Crippen LogP contribution in [0.2, 0.25) is 0 Å². The van der Waals surface area contributed by atoms with Gasteiger partial charge < -0.3 is 10.0 Å². The number of halogens is 1. The van der Waals surface area contributed by atoms with Gasteiger partial charge in [-0.15, -0.1) is 0 Å². The van der Waals surface area contributed by atoms with Gasteiger partial charge in [0.05, 0.1) is 12.2 Å². The average Bonchev–Trinajstić information content (AvgIpc) is 2.47. The molecular formula is C16H18FNO2S. The van der Waals surface area contributed by atoms with E-state index >= 15 is 0 Å². The minimum Gasteiger partial charge on any atom is -0.395 e. The average molecular weight is 307 g/mol. The van der Waals surface area contributed by atoms with E-state index in [1.54, 1.807) is 4.90 Å². The van der Waals surface area contributed by atoms with Crippen molar-refractivity contribution in [2.45, 2.75) is 18.6 Å². The van der Waals surface area contributed by atoms with E-state index in [-0.39, 0.29) is 12.5 Å². The third kappa shape index (κ3) is 4.23. The fraction of sp³-hybridized carbons (Fsp3) is 0.438. The molecule has 1 aromatic rings. The minimum absolute atomic E-state index is 0.0491. The molecule has 1 fully saturated rings. The number of aliphatic hydroxyl groups is 1. The second kappa shape index (κ2) is 7.48. The summed E-state index contributed by atoms with van der Waals surface area (Å²) in [5.41, 5.74) is 0.820. The molecule has 0 spiro atoms. The van der Waals surface area contributed by atoms with E-state index in [0.29, 0.717) is 35.9 Å². The van der Waals surface area contributed by atoms with Gasteiger partial charge in [0.1, 0.15) is 5.82 Å². The molecule has 1 heterocycles. The van der Waals surface area contributed by atoms with Crippen molar-refractivity contribution in [2.75, 3.05) is 25.4 Å². The highest BCUT2D eigenvalue weighted by Gasteiger charge is 2.23. The Morgan fingerprint density at radius 2 is 2.38 bits per heavy atom. The van der Waals surface area contributed by atoms with Crippen molar-refractivity contribution >= 4 is 17.7 Å². The van der Waals surface area contributed by atoms with Gasteiger partial charge in [0.15, 0.2) is 0 Å². The van der Waals surface area contributed by atoms with Crippen LogP contribution in [0.3, 0.4) is 0 Å². The Bertz CT molecular complexity index is 579. The molecule has 112 valence electrons. The Labute approximate surface area is 128 Å². The summed E-state index contributed by atoms with van der Waals surface area (Å²) in [5, 5.41) is 9.17. The van der Waals surface area contributed by atoms with Crippen LogP contribution < -0.4 is 0 Å². The Morgan fingerprint density at radius 3 is 3.10 bits per heavy atom. The van der Waals surface area contributed by atoms with E-state index in [4.69, 9.17) is 5.11 Å². The van der Waals surface area contributed by atoms with Crippen molar-refractivity contribution in [1.82, 2.24) is 4.90 Å². The zero-order chi connectivity index (χ0) is 15.2. The Balaban J connectivity index is 2.26. The summed E-state index contributed by atoms with van der Waals surface area (Å²) in [7, 11) is 0. The van der Waals surface area contributed by atoms with Gasteiger partial charge in [-0.1, -0.05) is 18.8 Å². The standard InChI is InChI=1S/C16H18FNO2S/c1-12-11-18(7-9-21-12)16(20)15-6-5-14(17)10-13(15)4-2-3-8-19/h5-6,10,12,19H,3,7-9,11H2,1H3. The van der Waals surface area contributed by atoms with Crippen molar-refractivity contribution in [2.24, 2.45) is 0 Å². The fourth-order valence-corrected chi connectivity index (χ4v) is 3.21. The maximum atomic E-state index is 13.4. The van der Waals surface area contributed by atoms with Crippen molar-refractivity contribution in [3.63, 3.8) is 0 Å². The van der Waals surface area contributed by atoms with E-state index in [1.165, 1.54) is 18.2 Å². The lowest BCUT2D eigenvalue weighted by Gasteiger charge is -2.30. The molecule has 1 saturated heterocycles. The van der Waals surface area contributed by atoms with Crippen molar-refractivity contribution < 1.29 is 14.3 Å². The number of nitrogens with zero attached hydrogens (tertiary/aromatic N) is 1. The molecule has 0 bridgehead atoms. The Kier molecular flexibility index (Phi) is 5.66. The van der Waals surface area contributed by atoms with Crippen LogP contribution in [0, 0.1) is 17.7 Å². The summed E-state index contributed by atoms with van der Waals surface area (Å²) in [6, 6.07) is 4.05. The minimum atomic E-state index is -0.414. The predicted octanol–water partition coefficient (Wildman–Crippen LogP) is 2.14. The number of thioether (sulfide) groups is 1. The number of hydrogen-bond donors (Lipinski definition) is 1. The molecule has 0 radical (unpaired) electrons. The quantitative estimate of drug-likeness (QED) is 0.851. The van der Waals surface area contributed by atoms with Crippen LogP contribution in [-0.2, 0) is 0 Å². The molecule has 1 atom stereocenters. The zero-order valence-corrected chi connectivity index (χ0v) is 12.8. The number of rotatable bonds is 2. The molecule has 0 saturated carbocycles. The highest BCUT2D eigenvalue weighted by atomic mass is 32.2. The van der Waals surface area contributed by atoms with Crippen LogP contribution in [0.25, 0.3) is 0 Å². The first-order valence-corrected chi connectivity index (χ1v) is 7.97. The second-order valence-corrected chi connectivity index (χ2v) is 6.44. The number of amides is 1. The van der Waals surface area contributed by atoms with Crippen LogP contribution in [0.1, 0.15) is 29.3 Å². The topological polar surface area (TPSA) is 40.5 Å². The van der Waals surface area contributed by atoms with Gasteiger partial charge in [0, 0.05) is 36.1 Å².